The molecule has 2 amide bonds. The first kappa shape index (κ1) is 22.5. The Bertz CT molecular complexity index is 963. The van der Waals surface area contributed by atoms with Gasteiger partial charge in [0, 0.05) is 37.7 Å². The minimum atomic E-state index is -0.256. The highest BCUT2D eigenvalue weighted by molar-refractivity contribution is 5.94. The third-order valence-electron chi connectivity index (χ3n) is 6.63. The molecule has 0 saturated carbocycles. The average Bonchev–Trinajstić information content (AvgIpc) is 3.32. The summed E-state index contributed by atoms with van der Waals surface area (Å²) < 4.78 is 13.7. The summed E-state index contributed by atoms with van der Waals surface area (Å²) in [7, 11) is 0. The average molecular weight is 438 g/mol. The summed E-state index contributed by atoms with van der Waals surface area (Å²) in [5.74, 6) is -0.350. The van der Waals surface area contributed by atoms with E-state index < -0.39 is 0 Å². The van der Waals surface area contributed by atoms with Gasteiger partial charge in [-0.2, -0.15) is 0 Å². The third kappa shape index (κ3) is 5.54. The normalized spacial score (nSPS) is 17.5. The van der Waals surface area contributed by atoms with Crippen molar-refractivity contribution in [2.24, 2.45) is 5.92 Å². The second-order valence-electron chi connectivity index (χ2n) is 9.05. The third-order valence-corrected chi connectivity index (χ3v) is 6.63. The molecule has 0 bridgehead atoms. The lowest BCUT2D eigenvalue weighted by Crippen LogP contribution is -2.43. The van der Waals surface area contributed by atoms with Crippen molar-refractivity contribution in [3.8, 4) is 0 Å². The van der Waals surface area contributed by atoms with Crippen molar-refractivity contribution in [2.75, 3.05) is 26.2 Å². The van der Waals surface area contributed by atoms with Gasteiger partial charge < -0.3 is 10.2 Å². The Balaban J connectivity index is 1.27. The monoisotopic (exact) mass is 437 g/mol. The zero-order valence-electron chi connectivity index (χ0n) is 18.8. The molecule has 0 aliphatic carbocycles. The number of hydrogen-bond donors (Lipinski definition) is 1. The predicted molar refractivity (Wildman–Crippen MR) is 123 cm³/mol. The maximum absolute atomic E-state index is 13.7. The van der Waals surface area contributed by atoms with Crippen molar-refractivity contribution in [3.05, 3.63) is 70.5 Å². The van der Waals surface area contributed by atoms with Gasteiger partial charge >= 0.3 is 0 Å². The zero-order valence-corrected chi connectivity index (χ0v) is 18.8. The summed E-state index contributed by atoms with van der Waals surface area (Å²) in [6.07, 6.45) is 3.80. The quantitative estimate of drug-likeness (QED) is 0.746. The van der Waals surface area contributed by atoms with Crippen LogP contribution in [0.4, 0.5) is 4.39 Å². The van der Waals surface area contributed by atoms with E-state index in [1.54, 1.807) is 13.0 Å². The summed E-state index contributed by atoms with van der Waals surface area (Å²) in [6.45, 7) is 6.35. The van der Waals surface area contributed by atoms with E-state index in [-0.39, 0.29) is 23.5 Å². The lowest BCUT2D eigenvalue weighted by molar-refractivity contribution is -0.126. The van der Waals surface area contributed by atoms with Gasteiger partial charge in [0.15, 0.2) is 0 Å². The van der Waals surface area contributed by atoms with Crippen LogP contribution in [-0.2, 0) is 17.9 Å². The molecule has 2 fully saturated rings. The summed E-state index contributed by atoms with van der Waals surface area (Å²) in [6, 6.07) is 13.0. The smallest absolute Gasteiger partial charge is 0.253 e. The first-order valence-electron chi connectivity index (χ1n) is 11.6. The Morgan fingerprint density at radius 3 is 2.47 bits per heavy atom. The Hall–Kier alpha value is -2.73. The van der Waals surface area contributed by atoms with Crippen molar-refractivity contribution in [1.29, 1.82) is 0 Å². The highest BCUT2D eigenvalue weighted by Crippen LogP contribution is 2.21. The molecule has 170 valence electrons. The molecule has 1 N–H and O–H groups in total. The van der Waals surface area contributed by atoms with Crippen molar-refractivity contribution >= 4 is 11.8 Å². The first-order valence-corrected chi connectivity index (χ1v) is 11.6. The van der Waals surface area contributed by atoms with Crippen molar-refractivity contribution in [3.63, 3.8) is 0 Å². The summed E-state index contributed by atoms with van der Waals surface area (Å²) in [5, 5.41) is 2.92. The molecule has 2 aliphatic heterocycles. The van der Waals surface area contributed by atoms with Crippen LogP contribution in [0.3, 0.4) is 0 Å². The number of nitrogens with zero attached hydrogens (tertiary/aromatic N) is 2. The van der Waals surface area contributed by atoms with Crippen LogP contribution in [-0.4, -0.2) is 47.8 Å². The van der Waals surface area contributed by atoms with Crippen LogP contribution in [0.25, 0.3) is 0 Å². The molecular weight excluding hydrogens is 405 g/mol. The number of piperidine rings is 1. The number of halogens is 1. The minimum Gasteiger partial charge on any atom is -0.352 e. The fourth-order valence-corrected chi connectivity index (χ4v) is 4.61. The highest BCUT2D eigenvalue weighted by Gasteiger charge is 2.28. The molecule has 32 heavy (non-hydrogen) atoms. The minimum absolute atomic E-state index is 0.0225. The van der Waals surface area contributed by atoms with Gasteiger partial charge in [0.05, 0.1) is 0 Å². The van der Waals surface area contributed by atoms with Crippen LogP contribution in [0.2, 0.25) is 0 Å². The molecule has 6 heteroatoms. The lowest BCUT2D eigenvalue weighted by Gasteiger charge is -2.31. The van der Waals surface area contributed by atoms with Crippen molar-refractivity contribution < 1.29 is 14.0 Å². The Labute approximate surface area is 189 Å². The standard InChI is InChI=1S/C26H32FN3O2/c1-19-7-8-20(16-24(19)27)17-28-25(31)22-9-13-30(14-10-22)26(32)23-6-4-5-21(15-23)18-29-11-2-3-12-29/h4-8,15-16,22H,2-3,9-14,17-18H2,1H3,(H,28,31). The Kier molecular flexibility index (Phi) is 7.20. The number of benzene rings is 2. The van der Waals surface area contributed by atoms with Gasteiger partial charge in [0.1, 0.15) is 5.82 Å². The van der Waals surface area contributed by atoms with E-state index in [0.717, 1.165) is 30.8 Å². The summed E-state index contributed by atoms with van der Waals surface area (Å²) in [5.41, 5.74) is 3.26. The van der Waals surface area contributed by atoms with Gasteiger partial charge in [-0.25, -0.2) is 4.39 Å². The van der Waals surface area contributed by atoms with Crippen molar-refractivity contribution in [1.82, 2.24) is 15.1 Å². The Morgan fingerprint density at radius 2 is 1.75 bits per heavy atom. The molecule has 0 spiro atoms. The molecule has 2 aliphatic rings. The number of aryl methyl sites for hydroxylation is 1. The summed E-state index contributed by atoms with van der Waals surface area (Å²) >= 11 is 0. The SMILES string of the molecule is Cc1ccc(CNC(=O)C2CCN(C(=O)c3cccc(CN4CCCC4)c3)CC2)cc1F. The molecule has 0 aromatic heterocycles. The molecule has 0 unspecified atom stereocenters. The number of carbonyl (C=O) groups excluding carboxylic acids is 2. The fourth-order valence-electron chi connectivity index (χ4n) is 4.61. The second kappa shape index (κ2) is 10.3. The van der Waals surface area contributed by atoms with Crippen LogP contribution in [0.5, 0.6) is 0 Å². The van der Waals surface area contributed by atoms with Gasteiger partial charge in [0.2, 0.25) is 5.91 Å². The van der Waals surface area contributed by atoms with Crippen LogP contribution in [0.1, 0.15) is 52.7 Å². The molecule has 2 saturated heterocycles. The number of likely N-dealkylation sites (tertiary alicyclic amines) is 2. The molecule has 4 rings (SSSR count). The maximum atomic E-state index is 13.7. The molecule has 5 nitrogen and oxygen atoms in total. The number of nitrogens with one attached hydrogen (secondary N) is 1. The van der Waals surface area contributed by atoms with Gasteiger partial charge in [0.25, 0.3) is 5.91 Å². The van der Waals surface area contributed by atoms with E-state index in [1.807, 2.05) is 29.2 Å². The largest absolute Gasteiger partial charge is 0.352 e. The number of amides is 2. The first-order chi connectivity index (χ1) is 15.5. The van der Waals surface area contributed by atoms with Crippen LogP contribution < -0.4 is 5.32 Å². The fraction of sp³-hybridized carbons (Fsp3) is 0.462. The van der Waals surface area contributed by atoms with Gasteiger partial charge in [-0.3, -0.25) is 14.5 Å². The van der Waals surface area contributed by atoms with Crippen LogP contribution in [0.15, 0.2) is 42.5 Å². The topological polar surface area (TPSA) is 52.7 Å². The highest BCUT2D eigenvalue weighted by atomic mass is 19.1. The van der Waals surface area contributed by atoms with Crippen LogP contribution >= 0.6 is 0 Å². The van der Waals surface area contributed by atoms with Gasteiger partial charge in [-0.15, -0.1) is 0 Å². The predicted octanol–water partition coefficient (Wildman–Crippen LogP) is 3.90. The molecule has 2 heterocycles. The van der Waals surface area contributed by atoms with Gasteiger partial charge in [-0.05, 0) is 80.6 Å². The van der Waals surface area contributed by atoms with E-state index in [0.29, 0.717) is 38.0 Å². The van der Waals surface area contributed by atoms with E-state index in [4.69, 9.17) is 0 Å². The number of hydrogen-bond acceptors (Lipinski definition) is 3. The summed E-state index contributed by atoms with van der Waals surface area (Å²) in [4.78, 5) is 29.9. The number of carbonyl (C=O) groups is 2. The molecule has 2 aromatic rings. The second-order valence-corrected chi connectivity index (χ2v) is 9.05. The van der Waals surface area contributed by atoms with Crippen molar-refractivity contribution in [2.45, 2.75) is 45.7 Å². The molecule has 0 radical (unpaired) electrons. The maximum Gasteiger partial charge on any atom is 0.253 e. The molecular formula is C26H32FN3O2. The number of rotatable bonds is 6. The lowest BCUT2D eigenvalue weighted by atomic mass is 9.95. The Morgan fingerprint density at radius 1 is 1.00 bits per heavy atom. The van der Waals surface area contributed by atoms with Gasteiger partial charge in [-0.1, -0.05) is 24.3 Å². The van der Waals surface area contributed by atoms with Crippen LogP contribution in [0, 0.1) is 18.7 Å². The zero-order chi connectivity index (χ0) is 22.5. The van der Waals surface area contributed by atoms with E-state index in [1.165, 1.54) is 24.5 Å². The van der Waals surface area contributed by atoms with E-state index >= 15 is 0 Å². The van der Waals surface area contributed by atoms with E-state index in [2.05, 4.69) is 16.3 Å². The molecule has 0 atom stereocenters. The van der Waals surface area contributed by atoms with E-state index in [9.17, 15) is 14.0 Å². The molecule has 2 aromatic carbocycles.